The van der Waals surface area contributed by atoms with Crippen molar-refractivity contribution in [1.29, 1.82) is 0 Å². The van der Waals surface area contributed by atoms with Gasteiger partial charge in [-0.1, -0.05) is 13.3 Å². The second kappa shape index (κ2) is 10.0. The first-order chi connectivity index (χ1) is 11.0. The molecule has 1 fully saturated rings. The molecule has 0 radical (unpaired) electrons. The Labute approximate surface area is 138 Å². The number of likely N-dealkylation sites (tertiary alicyclic amines) is 1. The first-order valence-corrected chi connectivity index (χ1v) is 8.54. The van der Waals surface area contributed by atoms with Gasteiger partial charge in [0, 0.05) is 19.1 Å². The average molecular weight is 323 g/mol. The Kier molecular flexibility index (Phi) is 8.37. The predicted octanol–water partition coefficient (Wildman–Crippen LogP) is 2.03. The molecule has 130 valence electrons. The maximum Gasteiger partial charge on any atom is 0.354 e. The van der Waals surface area contributed by atoms with Crippen molar-refractivity contribution in [2.75, 3.05) is 19.7 Å². The minimum Gasteiger partial charge on any atom is -0.461 e. The number of amides is 1. The highest BCUT2D eigenvalue weighted by Crippen LogP contribution is 2.21. The summed E-state index contributed by atoms with van der Waals surface area (Å²) >= 11 is 0. The number of carbonyl (C=O) groups excluding carboxylic acids is 2. The number of ether oxygens (including phenoxy) is 1. The predicted molar refractivity (Wildman–Crippen MR) is 91.1 cm³/mol. The molecule has 0 aromatic rings. The summed E-state index contributed by atoms with van der Waals surface area (Å²) in [7, 11) is 0. The molecule has 1 heterocycles. The van der Waals surface area contributed by atoms with Gasteiger partial charge in [0.2, 0.25) is 0 Å². The zero-order chi connectivity index (χ0) is 17.2. The Morgan fingerprint density at radius 3 is 2.65 bits per heavy atom. The molecule has 0 aliphatic carbocycles. The lowest BCUT2D eigenvalue weighted by atomic mass is 9.97. The molecule has 1 amide bonds. The quantitative estimate of drug-likeness (QED) is 0.441. The van der Waals surface area contributed by atoms with E-state index in [1.807, 2.05) is 11.8 Å². The zero-order valence-electron chi connectivity index (χ0n) is 14.5. The van der Waals surface area contributed by atoms with Crippen LogP contribution in [0.1, 0.15) is 52.9 Å². The molecule has 23 heavy (non-hydrogen) atoms. The van der Waals surface area contributed by atoms with Crippen LogP contribution in [-0.4, -0.2) is 48.2 Å². The van der Waals surface area contributed by atoms with Gasteiger partial charge in [0.25, 0.3) is 5.91 Å². The van der Waals surface area contributed by atoms with E-state index < -0.39 is 5.97 Å². The van der Waals surface area contributed by atoms with Crippen LogP contribution in [0.15, 0.2) is 16.8 Å². The minimum absolute atomic E-state index is 0.0866. The lowest BCUT2D eigenvalue weighted by Gasteiger charge is -2.35. The van der Waals surface area contributed by atoms with Crippen LogP contribution in [-0.2, 0) is 14.3 Å². The van der Waals surface area contributed by atoms with Gasteiger partial charge in [0.1, 0.15) is 11.4 Å². The topological polar surface area (TPSA) is 85.0 Å². The van der Waals surface area contributed by atoms with Crippen molar-refractivity contribution in [2.45, 2.75) is 58.9 Å². The van der Waals surface area contributed by atoms with Crippen LogP contribution in [0.25, 0.3) is 0 Å². The molecule has 0 aromatic heterocycles. The third-order valence-corrected chi connectivity index (χ3v) is 3.86. The molecule has 1 aliphatic heterocycles. The molecule has 6 nitrogen and oxygen atoms in total. The van der Waals surface area contributed by atoms with Gasteiger partial charge in [0.05, 0.1) is 6.61 Å². The van der Waals surface area contributed by atoms with Crippen LogP contribution < -0.4 is 5.73 Å². The van der Waals surface area contributed by atoms with E-state index in [-0.39, 0.29) is 30.0 Å². The third kappa shape index (κ3) is 5.69. The molecule has 1 rings (SSSR count). The number of carbonyl (C=O) groups is 2. The maximum absolute atomic E-state index is 12.8. The van der Waals surface area contributed by atoms with Crippen LogP contribution >= 0.6 is 0 Å². The highest BCUT2D eigenvalue weighted by Gasteiger charge is 2.28. The van der Waals surface area contributed by atoms with E-state index >= 15 is 0 Å². The van der Waals surface area contributed by atoms with E-state index in [1.54, 1.807) is 6.92 Å². The van der Waals surface area contributed by atoms with E-state index in [0.717, 1.165) is 38.6 Å². The number of rotatable bonds is 7. The Morgan fingerprint density at radius 2 is 2.04 bits per heavy atom. The van der Waals surface area contributed by atoms with Crippen molar-refractivity contribution in [2.24, 2.45) is 10.7 Å². The van der Waals surface area contributed by atoms with Crippen molar-refractivity contribution >= 4 is 17.6 Å². The molecule has 1 saturated heterocycles. The van der Waals surface area contributed by atoms with Gasteiger partial charge in [-0.2, -0.15) is 0 Å². The summed E-state index contributed by atoms with van der Waals surface area (Å²) in [6, 6.07) is 0.250. The van der Waals surface area contributed by atoms with Crippen LogP contribution in [0.2, 0.25) is 0 Å². The Balaban J connectivity index is 2.95. The number of piperidine rings is 1. The summed E-state index contributed by atoms with van der Waals surface area (Å²) < 4.78 is 4.86. The Hall–Kier alpha value is -1.85. The first kappa shape index (κ1) is 19.2. The van der Waals surface area contributed by atoms with E-state index in [9.17, 15) is 9.59 Å². The van der Waals surface area contributed by atoms with Crippen molar-refractivity contribution in [3.8, 4) is 0 Å². The Morgan fingerprint density at radius 1 is 1.30 bits per heavy atom. The van der Waals surface area contributed by atoms with Gasteiger partial charge in [-0.3, -0.25) is 9.79 Å². The lowest BCUT2D eigenvalue weighted by Crippen LogP contribution is -2.46. The maximum atomic E-state index is 12.8. The molecule has 0 spiro atoms. The van der Waals surface area contributed by atoms with Gasteiger partial charge in [-0.25, -0.2) is 4.79 Å². The molecule has 1 unspecified atom stereocenters. The summed E-state index contributed by atoms with van der Waals surface area (Å²) in [5, 5.41) is 0. The second-order valence-corrected chi connectivity index (χ2v) is 5.62. The average Bonchev–Trinajstić information content (AvgIpc) is 2.54. The summed E-state index contributed by atoms with van der Waals surface area (Å²) in [5.41, 5.74) is 5.88. The van der Waals surface area contributed by atoms with Gasteiger partial charge < -0.3 is 15.4 Å². The minimum atomic E-state index is -0.618. The largest absolute Gasteiger partial charge is 0.461 e. The molecule has 0 saturated carbocycles. The van der Waals surface area contributed by atoms with Crippen LogP contribution in [0.3, 0.4) is 0 Å². The number of nitrogens with zero attached hydrogens (tertiary/aromatic N) is 2. The number of hydrogen-bond acceptors (Lipinski definition) is 5. The summed E-state index contributed by atoms with van der Waals surface area (Å²) in [6.07, 6.45) is 6.55. The standard InChI is InChI=1S/C17H29N3O3/c1-4-9-13-10-7-8-11-20(13)16(21)15(19-5-2)12-14(18)17(22)23-6-3/h12-13H,4-11,18H2,1-3H3. The molecule has 0 bridgehead atoms. The monoisotopic (exact) mass is 323 g/mol. The van der Waals surface area contributed by atoms with E-state index in [0.29, 0.717) is 6.54 Å². The lowest BCUT2D eigenvalue weighted by molar-refractivity contribution is -0.138. The number of nitrogens with two attached hydrogens (primary N) is 1. The molecule has 6 heteroatoms. The van der Waals surface area contributed by atoms with Crippen LogP contribution in [0, 0.1) is 0 Å². The summed E-state index contributed by atoms with van der Waals surface area (Å²) in [5.74, 6) is -0.759. The second-order valence-electron chi connectivity index (χ2n) is 5.62. The fraction of sp³-hybridized carbons (Fsp3) is 0.706. The van der Waals surface area contributed by atoms with Gasteiger partial charge >= 0.3 is 5.97 Å². The third-order valence-electron chi connectivity index (χ3n) is 3.86. The van der Waals surface area contributed by atoms with Gasteiger partial charge in [0.15, 0.2) is 0 Å². The van der Waals surface area contributed by atoms with Crippen LogP contribution in [0.4, 0.5) is 0 Å². The highest BCUT2D eigenvalue weighted by molar-refractivity contribution is 6.44. The Bertz CT molecular complexity index is 470. The first-order valence-electron chi connectivity index (χ1n) is 8.54. The molecule has 1 aliphatic rings. The normalized spacial score (nSPS) is 19.6. The molecular weight excluding hydrogens is 294 g/mol. The van der Waals surface area contributed by atoms with Crippen molar-refractivity contribution in [3.05, 3.63) is 11.8 Å². The fourth-order valence-electron chi connectivity index (χ4n) is 2.81. The number of esters is 1. The van der Waals surface area contributed by atoms with Crippen molar-refractivity contribution in [1.82, 2.24) is 4.90 Å². The zero-order valence-corrected chi connectivity index (χ0v) is 14.5. The smallest absolute Gasteiger partial charge is 0.354 e. The molecule has 1 atom stereocenters. The number of aliphatic imine (C=N–C) groups is 1. The summed E-state index contributed by atoms with van der Waals surface area (Å²) in [6.45, 7) is 7.12. The molecular formula is C17H29N3O3. The molecule has 0 aromatic carbocycles. The van der Waals surface area contributed by atoms with E-state index in [2.05, 4.69) is 11.9 Å². The molecule has 2 N–H and O–H groups in total. The fourth-order valence-corrected chi connectivity index (χ4v) is 2.81. The van der Waals surface area contributed by atoms with Crippen molar-refractivity contribution in [3.63, 3.8) is 0 Å². The van der Waals surface area contributed by atoms with E-state index in [1.165, 1.54) is 6.08 Å². The van der Waals surface area contributed by atoms with E-state index in [4.69, 9.17) is 10.5 Å². The number of hydrogen-bond donors (Lipinski definition) is 1. The van der Waals surface area contributed by atoms with Gasteiger partial charge in [-0.05, 0) is 45.6 Å². The van der Waals surface area contributed by atoms with Gasteiger partial charge in [-0.15, -0.1) is 0 Å². The SMILES string of the molecule is CCCC1CCCCN1C(=O)C(C=C(N)C(=O)OCC)=NCC. The van der Waals surface area contributed by atoms with Crippen LogP contribution in [0.5, 0.6) is 0 Å². The summed E-state index contributed by atoms with van der Waals surface area (Å²) in [4.78, 5) is 30.6. The highest BCUT2D eigenvalue weighted by atomic mass is 16.5. The van der Waals surface area contributed by atoms with Crippen molar-refractivity contribution < 1.29 is 14.3 Å².